The Kier molecular flexibility index (Phi) is 4.54. The Morgan fingerprint density at radius 1 is 1.24 bits per heavy atom. The zero-order valence-corrected chi connectivity index (χ0v) is 13.9. The number of hydrogen-bond acceptors (Lipinski definition) is 1. The maximum absolute atomic E-state index is 6.01. The van der Waals surface area contributed by atoms with Gasteiger partial charge < -0.3 is 4.57 Å². The number of rotatable bonds is 3. The summed E-state index contributed by atoms with van der Waals surface area (Å²) in [5, 5.41) is 0. The Balaban J connectivity index is 2.03. The average Bonchev–Trinajstić information content (AvgIpc) is 2.65. The Hall–Kier alpha value is -1.02. The van der Waals surface area contributed by atoms with Crippen molar-refractivity contribution in [3.05, 3.63) is 29.6 Å². The van der Waals surface area contributed by atoms with E-state index in [1.807, 2.05) is 0 Å². The van der Waals surface area contributed by atoms with Gasteiger partial charge in [-0.05, 0) is 49.8 Å². The molecule has 2 unspecified atom stereocenters. The van der Waals surface area contributed by atoms with Gasteiger partial charge in [-0.3, -0.25) is 0 Å². The molecular weight excluding hydrogens is 280 g/mol. The molecule has 0 amide bonds. The summed E-state index contributed by atoms with van der Waals surface area (Å²) in [6, 6.07) is 7.23. The maximum Gasteiger partial charge on any atom is 0.111 e. The summed E-state index contributed by atoms with van der Waals surface area (Å²) in [5.74, 6) is 2.68. The molecule has 0 radical (unpaired) electrons. The van der Waals surface area contributed by atoms with Crippen LogP contribution in [0.5, 0.6) is 0 Å². The van der Waals surface area contributed by atoms with Gasteiger partial charge in [0.15, 0.2) is 0 Å². The second-order valence-corrected chi connectivity index (χ2v) is 6.97. The first-order valence-electron chi connectivity index (χ1n) is 8.22. The van der Waals surface area contributed by atoms with Crippen molar-refractivity contribution >= 4 is 22.6 Å². The van der Waals surface area contributed by atoms with Gasteiger partial charge in [-0.2, -0.15) is 0 Å². The number of benzene rings is 1. The lowest BCUT2D eigenvalue weighted by molar-refractivity contribution is 0.431. The molecule has 1 saturated carbocycles. The highest BCUT2D eigenvalue weighted by atomic mass is 35.5. The fraction of sp³-hybridized carbons (Fsp3) is 0.611. The first-order chi connectivity index (χ1) is 10.2. The first kappa shape index (κ1) is 14.9. The zero-order valence-electron chi connectivity index (χ0n) is 13.1. The molecule has 114 valence electrons. The molecule has 3 heteroatoms. The number of halogens is 1. The summed E-state index contributed by atoms with van der Waals surface area (Å²) >= 11 is 6.01. The number of fused-ring (bicyclic) bond motifs is 1. The van der Waals surface area contributed by atoms with Gasteiger partial charge in [0.25, 0.3) is 0 Å². The van der Waals surface area contributed by atoms with E-state index in [0.717, 1.165) is 17.9 Å². The Morgan fingerprint density at radius 3 is 2.90 bits per heavy atom. The minimum atomic E-state index is 0.598. The number of aryl methyl sites for hydroxylation is 2. The van der Waals surface area contributed by atoms with Gasteiger partial charge in [-0.25, -0.2) is 4.98 Å². The van der Waals surface area contributed by atoms with E-state index in [1.165, 1.54) is 49.0 Å². The molecule has 0 N–H and O–H groups in total. The number of hydrogen-bond donors (Lipinski definition) is 0. The summed E-state index contributed by atoms with van der Waals surface area (Å²) in [5.41, 5.74) is 3.70. The van der Waals surface area contributed by atoms with E-state index in [-0.39, 0.29) is 0 Å². The van der Waals surface area contributed by atoms with Crippen molar-refractivity contribution in [2.45, 2.75) is 58.4 Å². The van der Waals surface area contributed by atoms with Gasteiger partial charge in [-0.15, -0.1) is 11.6 Å². The number of imidazole rings is 1. The summed E-state index contributed by atoms with van der Waals surface area (Å²) < 4.78 is 2.50. The Bertz CT molecular complexity index is 617. The van der Waals surface area contributed by atoms with Crippen LogP contribution in [0, 0.1) is 12.8 Å². The predicted octanol–water partition coefficient (Wildman–Crippen LogP) is 5.27. The van der Waals surface area contributed by atoms with Crippen LogP contribution in [0.25, 0.3) is 11.0 Å². The van der Waals surface area contributed by atoms with E-state index in [1.54, 1.807) is 0 Å². The third-order valence-corrected chi connectivity index (χ3v) is 5.02. The predicted molar refractivity (Wildman–Crippen MR) is 90.2 cm³/mol. The monoisotopic (exact) mass is 304 g/mol. The minimum absolute atomic E-state index is 0.598. The molecule has 21 heavy (non-hydrogen) atoms. The third kappa shape index (κ3) is 3.11. The number of alkyl halides is 1. The fourth-order valence-electron chi connectivity index (χ4n) is 3.65. The van der Waals surface area contributed by atoms with Gasteiger partial charge in [-0.1, -0.05) is 25.8 Å². The SMILES string of the molecule is Cc1ccc2c(c1)nc(CCCl)n2C1CCCC(C)CC1. The van der Waals surface area contributed by atoms with Crippen molar-refractivity contribution in [3.8, 4) is 0 Å². The Labute approximate surface area is 132 Å². The van der Waals surface area contributed by atoms with Crippen molar-refractivity contribution in [1.29, 1.82) is 0 Å². The van der Waals surface area contributed by atoms with E-state index < -0.39 is 0 Å². The molecule has 1 aliphatic rings. The van der Waals surface area contributed by atoms with Gasteiger partial charge in [0.2, 0.25) is 0 Å². The van der Waals surface area contributed by atoms with Crippen LogP contribution in [0.2, 0.25) is 0 Å². The van der Waals surface area contributed by atoms with Crippen molar-refractivity contribution < 1.29 is 0 Å². The molecule has 2 atom stereocenters. The van der Waals surface area contributed by atoms with Crippen LogP contribution in [0.3, 0.4) is 0 Å². The highest BCUT2D eigenvalue weighted by molar-refractivity contribution is 6.17. The first-order valence-corrected chi connectivity index (χ1v) is 8.76. The molecule has 3 rings (SSSR count). The summed E-state index contributed by atoms with van der Waals surface area (Å²) in [4.78, 5) is 4.87. The normalized spacial score (nSPS) is 23.4. The van der Waals surface area contributed by atoms with Crippen LogP contribution in [0.15, 0.2) is 18.2 Å². The molecule has 0 aliphatic heterocycles. The minimum Gasteiger partial charge on any atom is -0.325 e. The van der Waals surface area contributed by atoms with Crippen molar-refractivity contribution in [2.75, 3.05) is 5.88 Å². The Morgan fingerprint density at radius 2 is 2.10 bits per heavy atom. The van der Waals surface area contributed by atoms with E-state index >= 15 is 0 Å². The standard InChI is InChI=1S/C18H25ClN2/c1-13-4-3-5-15(8-6-13)21-17-9-7-14(2)12-16(17)20-18(21)10-11-19/h7,9,12-13,15H,3-6,8,10-11H2,1-2H3. The summed E-state index contributed by atoms with van der Waals surface area (Å²) in [6.45, 7) is 4.52. The molecule has 1 aliphatic carbocycles. The smallest absolute Gasteiger partial charge is 0.111 e. The van der Waals surface area contributed by atoms with E-state index in [4.69, 9.17) is 16.6 Å². The van der Waals surface area contributed by atoms with Crippen LogP contribution >= 0.6 is 11.6 Å². The van der Waals surface area contributed by atoms with Gasteiger partial charge >= 0.3 is 0 Å². The van der Waals surface area contributed by atoms with Crippen LogP contribution in [-0.2, 0) is 6.42 Å². The molecule has 1 fully saturated rings. The van der Waals surface area contributed by atoms with Crippen LogP contribution in [0.1, 0.15) is 56.5 Å². The van der Waals surface area contributed by atoms with Crippen LogP contribution < -0.4 is 0 Å². The molecule has 2 nitrogen and oxygen atoms in total. The molecular formula is C18H25ClN2. The highest BCUT2D eigenvalue weighted by Crippen LogP contribution is 2.34. The topological polar surface area (TPSA) is 17.8 Å². The van der Waals surface area contributed by atoms with Gasteiger partial charge in [0, 0.05) is 18.3 Å². The molecule has 0 saturated heterocycles. The van der Waals surface area contributed by atoms with Crippen molar-refractivity contribution in [2.24, 2.45) is 5.92 Å². The second kappa shape index (κ2) is 6.39. The largest absolute Gasteiger partial charge is 0.325 e. The van der Waals surface area contributed by atoms with Crippen molar-refractivity contribution in [1.82, 2.24) is 9.55 Å². The number of nitrogens with zero attached hydrogens (tertiary/aromatic N) is 2. The van der Waals surface area contributed by atoms with E-state index in [0.29, 0.717) is 11.9 Å². The number of aromatic nitrogens is 2. The second-order valence-electron chi connectivity index (χ2n) is 6.60. The van der Waals surface area contributed by atoms with Crippen LogP contribution in [-0.4, -0.2) is 15.4 Å². The molecule has 0 bridgehead atoms. The molecule has 1 heterocycles. The maximum atomic E-state index is 6.01. The molecule has 1 aromatic carbocycles. The lowest BCUT2D eigenvalue weighted by Crippen LogP contribution is -2.12. The van der Waals surface area contributed by atoms with Crippen LogP contribution in [0.4, 0.5) is 0 Å². The highest BCUT2D eigenvalue weighted by Gasteiger charge is 2.22. The average molecular weight is 305 g/mol. The summed E-state index contributed by atoms with van der Waals surface area (Å²) in [7, 11) is 0. The lowest BCUT2D eigenvalue weighted by atomic mass is 10.0. The molecule has 2 aromatic rings. The molecule has 0 spiro atoms. The van der Waals surface area contributed by atoms with E-state index in [9.17, 15) is 0 Å². The quantitative estimate of drug-likeness (QED) is 0.558. The summed E-state index contributed by atoms with van der Waals surface area (Å²) in [6.07, 6.45) is 7.44. The molecule has 1 aromatic heterocycles. The third-order valence-electron chi connectivity index (χ3n) is 4.83. The van der Waals surface area contributed by atoms with Gasteiger partial charge in [0.1, 0.15) is 5.82 Å². The zero-order chi connectivity index (χ0) is 14.8. The fourth-order valence-corrected chi connectivity index (χ4v) is 3.82. The van der Waals surface area contributed by atoms with Crippen molar-refractivity contribution in [3.63, 3.8) is 0 Å². The van der Waals surface area contributed by atoms with E-state index in [2.05, 4.69) is 36.6 Å². The van der Waals surface area contributed by atoms with Gasteiger partial charge in [0.05, 0.1) is 11.0 Å². The lowest BCUT2D eigenvalue weighted by Gasteiger charge is -2.20.